The summed E-state index contributed by atoms with van der Waals surface area (Å²) in [5.74, 6) is 0.963. The van der Waals surface area contributed by atoms with Crippen molar-refractivity contribution in [3.05, 3.63) is 90.3 Å². The first-order chi connectivity index (χ1) is 18.7. The van der Waals surface area contributed by atoms with Crippen molar-refractivity contribution in [2.24, 2.45) is 0 Å². The molecule has 0 fully saturated rings. The lowest BCUT2D eigenvalue weighted by Gasteiger charge is -2.11. The van der Waals surface area contributed by atoms with Crippen LogP contribution in [0.25, 0.3) is 22.2 Å². The van der Waals surface area contributed by atoms with Crippen molar-refractivity contribution < 1.29 is 4.79 Å². The van der Waals surface area contributed by atoms with Gasteiger partial charge in [0.25, 0.3) is 0 Å². The maximum absolute atomic E-state index is 12.8. The molecular weight excluding hydrogens is 466 g/mol. The van der Waals surface area contributed by atoms with Crippen LogP contribution in [0.1, 0.15) is 82.5 Å². The number of amides is 1. The number of carbonyl (C=O) groups excluding carboxylic acids is 1. The number of nitrogens with zero attached hydrogens (tertiary/aromatic N) is 2. The van der Waals surface area contributed by atoms with Gasteiger partial charge in [-0.2, -0.15) is 0 Å². The van der Waals surface area contributed by atoms with Crippen molar-refractivity contribution in [1.82, 2.24) is 14.9 Å². The third-order valence-electron chi connectivity index (χ3n) is 7.34. The molecule has 1 N–H and O–H groups in total. The fourth-order valence-corrected chi connectivity index (χ4v) is 5.14. The lowest BCUT2D eigenvalue weighted by molar-refractivity contribution is -0.120. The SMILES string of the molecule is CCCCCCCCCCCCn1c(CNC(=O)Cc2ccc(-c3ccccc3)cc2)nc2ccccc21. The van der Waals surface area contributed by atoms with Gasteiger partial charge in [-0.05, 0) is 35.2 Å². The highest BCUT2D eigenvalue weighted by Crippen LogP contribution is 2.20. The predicted octanol–water partition coefficient (Wildman–Crippen LogP) is 8.48. The normalized spacial score (nSPS) is 11.2. The Hall–Kier alpha value is -3.40. The second-order valence-corrected chi connectivity index (χ2v) is 10.4. The number of unbranched alkanes of at least 4 members (excludes halogenated alkanes) is 9. The number of para-hydroxylation sites is 2. The Kier molecular flexibility index (Phi) is 11.0. The molecule has 1 aromatic heterocycles. The minimum atomic E-state index is 0.0232. The minimum absolute atomic E-state index is 0.0232. The van der Waals surface area contributed by atoms with Gasteiger partial charge in [0.15, 0.2) is 0 Å². The number of imidazole rings is 1. The van der Waals surface area contributed by atoms with Crippen molar-refractivity contribution in [1.29, 1.82) is 0 Å². The number of rotatable bonds is 16. The molecule has 4 nitrogen and oxygen atoms in total. The van der Waals surface area contributed by atoms with Gasteiger partial charge >= 0.3 is 0 Å². The molecule has 0 unspecified atom stereocenters. The molecule has 200 valence electrons. The molecule has 4 aromatic rings. The van der Waals surface area contributed by atoms with Crippen LogP contribution in [0.4, 0.5) is 0 Å². The van der Waals surface area contributed by atoms with E-state index in [1.807, 2.05) is 36.4 Å². The molecule has 38 heavy (non-hydrogen) atoms. The van der Waals surface area contributed by atoms with Crippen molar-refractivity contribution in [2.45, 2.75) is 90.6 Å². The Balaban J connectivity index is 1.25. The molecule has 0 saturated carbocycles. The van der Waals surface area contributed by atoms with E-state index in [2.05, 4.69) is 59.3 Å². The molecule has 0 spiro atoms. The Bertz CT molecular complexity index is 1240. The Morgan fingerprint density at radius 3 is 2.03 bits per heavy atom. The number of hydrogen-bond donors (Lipinski definition) is 1. The number of fused-ring (bicyclic) bond motifs is 1. The molecule has 0 atom stereocenters. The van der Waals surface area contributed by atoms with Gasteiger partial charge in [-0.25, -0.2) is 4.98 Å². The number of nitrogens with one attached hydrogen (secondary N) is 1. The van der Waals surface area contributed by atoms with Crippen LogP contribution < -0.4 is 5.32 Å². The minimum Gasteiger partial charge on any atom is -0.349 e. The van der Waals surface area contributed by atoms with E-state index < -0.39 is 0 Å². The summed E-state index contributed by atoms with van der Waals surface area (Å²) in [6.45, 7) is 3.67. The molecule has 1 heterocycles. The number of hydrogen-bond acceptors (Lipinski definition) is 2. The summed E-state index contributed by atoms with van der Waals surface area (Å²) in [5, 5.41) is 3.11. The Labute approximate surface area is 228 Å². The lowest BCUT2D eigenvalue weighted by atomic mass is 10.0. The van der Waals surface area contributed by atoms with Crippen LogP contribution in [-0.2, 0) is 24.3 Å². The van der Waals surface area contributed by atoms with Crippen LogP contribution in [0.3, 0.4) is 0 Å². The van der Waals surface area contributed by atoms with E-state index in [9.17, 15) is 4.79 Å². The average Bonchev–Trinajstić information content (AvgIpc) is 3.31. The summed E-state index contributed by atoms with van der Waals surface area (Å²) in [6.07, 6.45) is 13.6. The summed E-state index contributed by atoms with van der Waals surface area (Å²) in [5.41, 5.74) is 5.52. The first-order valence-electron chi connectivity index (χ1n) is 14.6. The second-order valence-electron chi connectivity index (χ2n) is 10.4. The van der Waals surface area contributed by atoms with Gasteiger partial charge in [-0.1, -0.05) is 131 Å². The fraction of sp³-hybridized carbons (Fsp3) is 0.412. The molecular formula is C34H43N3O. The predicted molar refractivity (Wildman–Crippen MR) is 159 cm³/mol. The maximum atomic E-state index is 12.8. The van der Waals surface area contributed by atoms with E-state index in [-0.39, 0.29) is 5.91 Å². The largest absolute Gasteiger partial charge is 0.349 e. The highest BCUT2D eigenvalue weighted by molar-refractivity contribution is 5.79. The topological polar surface area (TPSA) is 46.9 Å². The van der Waals surface area contributed by atoms with Crippen LogP contribution >= 0.6 is 0 Å². The van der Waals surface area contributed by atoms with Crippen LogP contribution in [0.15, 0.2) is 78.9 Å². The van der Waals surface area contributed by atoms with Crippen molar-refractivity contribution in [3.63, 3.8) is 0 Å². The lowest BCUT2D eigenvalue weighted by Crippen LogP contribution is -2.26. The third kappa shape index (κ3) is 8.31. The van der Waals surface area contributed by atoms with Crippen LogP contribution in [-0.4, -0.2) is 15.5 Å². The smallest absolute Gasteiger partial charge is 0.224 e. The average molecular weight is 510 g/mol. The molecule has 4 rings (SSSR count). The van der Waals surface area contributed by atoms with E-state index in [0.717, 1.165) is 41.0 Å². The zero-order valence-corrected chi connectivity index (χ0v) is 23.0. The van der Waals surface area contributed by atoms with Crippen LogP contribution in [0, 0.1) is 0 Å². The van der Waals surface area contributed by atoms with Gasteiger partial charge in [-0.3, -0.25) is 4.79 Å². The summed E-state index contributed by atoms with van der Waals surface area (Å²) in [7, 11) is 0. The van der Waals surface area contributed by atoms with Gasteiger partial charge < -0.3 is 9.88 Å². The molecule has 3 aromatic carbocycles. The quantitative estimate of drug-likeness (QED) is 0.154. The Morgan fingerprint density at radius 2 is 1.32 bits per heavy atom. The van der Waals surface area contributed by atoms with E-state index in [4.69, 9.17) is 4.98 Å². The number of aromatic nitrogens is 2. The van der Waals surface area contributed by atoms with Crippen molar-refractivity contribution in [3.8, 4) is 11.1 Å². The number of benzene rings is 3. The highest BCUT2D eigenvalue weighted by atomic mass is 16.1. The zero-order chi connectivity index (χ0) is 26.4. The van der Waals surface area contributed by atoms with E-state index >= 15 is 0 Å². The fourth-order valence-electron chi connectivity index (χ4n) is 5.14. The second kappa shape index (κ2) is 15.1. The summed E-state index contributed by atoms with van der Waals surface area (Å²) >= 11 is 0. The van der Waals surface area contributed by atoms with Gasteiger partial charge in [0.1, 0.15) is 5.82 Å². The van der Waals surface area contributed by atoms with Gasteiger partial charge in [0.05, 0.1) is 24.0 Å². The molecule has 0 bridgehead atoms. The molecule has 0 aliphatic heterocycles. The van der Waals surface area contributed by atoms with Gasteiger partial charge in [0.2, 0.25) is 5.91 Å². The number of carbonyl (C=O) groups is 1. The van der Waals surface area contributed by atoms with Crippen molar-refractivity contribution in [2.75, 3.05) is 0 Å². The molecule has 0 saturated heterocycles. The summed E-state index contributed by atoms with van der Waals surface area (Å²) in [6, 6.07) is 26.9. The van der Waals surface area contributed by atoms with Crippen LogP contribution in [0.5, 0.6) is 0 Å². The molecule has 4 heteroatoms. The summed E-state index contributed by atoms with van der Waals surface area (Å²) in [4.78, 5) is 17.6. The first kappa shape index (κ1) is 27.6. The standard InChI is InChI=1S/C34H43N3O/c1-2-3-4-5-6-7-8-9-10-16-25-37-32-20-15-14-19-31(32)36-33(37)27-35-34(38)26-28-21-23-30(24-22-28)29-17-12-11-13-18-29/h11-15,17-24H,2-10,16,25-27H2,1H3,(H,35,38). The first-order valence-corrected chi connectivity index (χ1v) is 14.6. The van der Waals surface area contributed by atoms with Gasteiger partial charge in [0, 0.05) is 6.54 Å². The summed E-state index contributed by atoms with van der Waals surface area (Å²) < 4.78 is 2.30. The Morgan fingerprint density at radius 1 is 0.711 bits per heavy atom. The molecule has 0 radical (unpaired) electrons. The van der Waals surface area contributed by atoms with E-state index in [1.54, 1.807) is 0 Å². The highest BCUT2D eigenvalue weighted by Gasteiger charge is 2.12. The number of aryl methyl sites for hydroxylation is 1. The molecule has 1 amide bonds. The van der Waals surface area contributed by atoms with E-state index in [1.165, 1.54) is 63.4 Å². The molecule has 0 aliphatic carbocycles. The molecule has 0 aliphatic rings. The van der Waals surface area contributed by atoms with Crippen LogP contribution in [0.2, 0.25) is 0 Å². The van der Waals surface area contributed by atoms with Crippen molar-refractivity contribution >= 4 is 16.9 Å². The third-order valence-corrected chi connectivity index (χ3v) is 7.34. The zero-order valence-electron chi connectivity index (χ0n) is 23.0. The van der Waals surface area contributed by atoms with Gasteiger partial charge in [-0.15, -0.1) is 0 Å². The maximum Gasteiger partial charge on any atom is 0.224 e. The van der Waals surface area contributed by atoms with E-state index in [0.29, 0.717) is 13.0 Å². The monoisotopic (exact) mass is 509 g/mol.